The number of rotatable bonds is 10. The molecular formula is C11H17ClO6. The maximum absolute atomic E-state index is 11.3. The van der Waals surface area contributed by atoms with E-state index in [1.165, 1.54) is 0 Å². The first-order valence-electron chi connectivity index (χ1n) is 5.56. The van der Waals surface area contributed by atoms with Crippen LogP contribution in [0.2, 0.25) is 0 Å². The van der Waals surface area contributed by atoms with Crippen molar-refractivity contribution in [3.63, 3.8) is 0 Å². The molecule has 0 aromatic carbocycles. The number of carboxylic acid groups (broad SMARTS) is 2. The molecule has 0 rings (SSSR count). The smallest absolute Gasteiger partial charge is 0.325 e. The van der Waals surface area contributed by atoms with Crippen LogP contribution in [0.25, 0.3) is 0 Å². The molecule has 1 unspecified atom stereocenters. The van der Waals surface area contributed by atoms with E-state index >= 15 is 0 Å². The van der Waals surface area contributed by atoms with Crippen LogP contribution in [0.1, 0.15) is 26.2 Å². The first-order valence-corrected chi connectivity index (χ1v) is 6.00. The number of hydrogen-bond donors (Lipinski definition) is 2. The van der Waals surface area contributed by atoms with Crippen LogP contribution in [-0.4, -0.2) is 46.5 Å². The quantitative estimate of drug-likeness (QED) is 0.354. The number of Topliss-reactive ketones (excluding diaryl/α,β-unsaturated/α-hetero) is 1. The number of carboxylic acids is 2. The Labute approximate surface area is 110 Å². The molecule has 0 saturated carbocycles. The van der Waals surface area contributed by atoms with Gasteiger partial charge in [0.25, 0.3) is 0 Å². The Balaban J connectivity index is 3.82. The predicted molar refractivity (Wildman–Crippen MR) is 63.8 cm³/mol. The Morgan fingerprint density at radius 1 is 1.17 bits per heavy atom. The Bertz CT molecular complexity index is 288. The summed E-state index contributed by atoms with van der Waals surface area (Å²) >= 11 is 5.71. The molecule has 0 aliphatic carbocycles. The van der Waals surface area contributed by atoms with Crippen molar-refractivity contribution in [2.75, 3.05) is 13.2 Å². The lowest BCUT2D eigenvalue weighted by atomic mass is 10.0. The molecule has 104 valence electrons. The predicted octanol–water partition coefficient (Wildman–Crippen LogP) is 1.16. The van der Waals surface area contributed by atoms with Gasteiger partial charge in [-0.25, -0.2) is 0 Å². The average molecular weight is 281 g/mol. The van der Waals surface area contributed by atoms with Gasteiger partial charge in [0, 0.05) is 18.4 Å². The number of aliphatic carboxylic acids is 2. The van der Waals surface area contributed by atoms with E-state index < -0.39 is 23.6 Å². The maximum atomic E-state index is 11.3. The van der Waals surface area contributed by atoms with Gasteiger partial charge in [0.05, 0.1) is 6.61 Å². The molecule has 18 heavy (non-hydrogen) atoms. The second kappa shape index (κ2) is 8.88. The van der Waals surface area contributed by atoms with Gasteiger partial charge in [0.2, 0.25) is 5.92 Å². The van der Waals surface area contributed by atoms with Crippen LogP contribution in [0.4, 0.5) is 0 Å². The number of carbonyl (C=O) groups excluding carboxylic acids is 1. The monoisotopic (exact) mass is 280 g/mol. The topological polar surface area (TPSA) is 101 Å². The molecule has 7 heteroatoms. The third kappa shape index (κ3) is 7.24. The van der Waals surface area contributed by atoms with E-state index in [0.29, 0.717) is 6.61 Å². The number of ketones is 1. The van der Waals surface area contributed by atoms with Gasteiger partial charge in [-0.2, -0.15) is 0 Å². The minimum Gasteiger partial charge on any atom is -0.480 e. The summed E-state index contributed by atoms with van der Waals surface area (Å²) in [5.74, 6) is -6.16. The third-order valence-corrected chi connectivity index (χ3v) is 2.42. The van der Waals surface area contributed by atoms with Gasteiger partial charge in [0.15, 0.2) is 5.78 Å². The van der Waals surface area contributed by atoms with E-state index in [0.717, 1.165) is 12.8 Å². The Morgan fingerprint density at radius 3 is 2.17 bits per heavy atom. The van der Waals surface area contributed by atoms with E-state index in [4.69, 9.17) is 26.6 Å². The van der Waals surface area contributed by atoms with Crippen LogP contribution >= 0.6 is 11.6 Å². The van der Waals surface area contributed by atoms with Crippen LogP contribution in [0.15, 0.2) is 0 Å². The highest BCUT2D eigenvalue weighted by atomic mass is 35.5. The van der Waals surface area contributed by atoms with E-state index in [1.54, 1.807) is 0 Å². The van der Waals surface area contributed by atoms with Crippen molar-refractivity contribution in [2.24, 2.45) is 5.92 Å². The molecule has 0 aliphatic heterocycles. The molecule has 0 radical (unpaired) electrons. The zero-order valence-electron chi connectivity index (χ0n) is 10.1. The van der Waals surface area contributed by atoms with E-state index in [9.17, 15) is 14.4 Å². The van der Waals surface area contributed by atoms with Crippen molar-refractivity contribution < 1.29 is 29.3 Å². The fourth-order valence-electron chi connectivity index (χ4n) is 1.27. The molecule has 0 spiro atoms. The molecular weight excluding hydrogens is 264 g/mol. The molecule has 0 aliphatic rings. The highest BCUT2D eigenvalue weighted by molar-refractivity contribution is 6.20. The van der Waals surface area contributed by atoms with Crippen LogP contribution in [0.5, 0.6) is 0 Å². The van der Waals surface area contributed by atoms with Gasteiger partial charge in [-0.1, -0.05) is 0 Å². The molecule has 0 bridgehead atoms. The van der Waals surface area contributed by atoms with Crippen LogP contribution in [0, 0.1) is 5.92 Å². The third-order valence-electron chi connectivity index (χ3n) is 2.20. The summed E-state index contributed by atoms with van der Waals surface area (Å²) in [7, 11) is 0. The second-order valence-corrected chi connectivity index (χ2v) is 4.61. The zero-order valence-corrected chi connectivity index (χ0v) is 10.9. The first-order chi connectivity index (χ1) is 8.36. The molecule has 0 saturated heterocycles. The molecule has 0 aromatic rings. The number of halogens is 1. The molecule has 6 nitrogen and oxygen atoms in total. The van der Waals surface area contributed by atoms with Crippen molar-refractivity contribution in [3.05, 3.63) is 0 Å². The van der Waals surface area contributed by atoms with Crippen LogP contribution in [-0.2, 0) is 19.1 Å². The lowest BCUT2D eigenvalue weighted by Crippen LogP contribution is -2.32. The van der Waals surface area contributed by atoms with Gasteiger partial charge in [0.1, 0.15) is 0 Å². The summed E-state index contributed by atoms with van der Waals surface area (Å²) in [5, 5.41) is 17.2. The lowest BCUT2D eigenvalue weighted by Gasteiger charge is -2.07. The number of carbonyl (C=O) groups is 3. The minimum atomic E-state index is -2.00. The molecule has 0 fully saturated rings. The molecule has 2 N–H and O–H groups in total. The fourth-order valence-corrected chi connectivity index (χ4v) is 1.42. The van der Waals surface area contributed by atoms with E-state index in [2.05, 4.69) is 0 Å². The number of alkyl halides is 1. The van der Waals surface area contributed by atoms with Crippen molar-refractivity contribution in [3.8, 4) is 0 Å². The van der Waals surface area contributed by atoms with Gasteiger partial charge in [-0.05, 0) is 19.8 Å². The summed E-state index contributed by atoms with van der Waals surface area (Å²) in [4.78, 5) is 32.4. The highest BCUT2D eigenvalue weighted by Crippen LogP contribution is 2.05. The van der Waals surface area contributed by atoms with Crippen molar-refractivity contribution in [2.45, 2.75) is 31.6 Å². The minimum absolute atomic E-state index is 0.0204. The normalized spacial score (nSPS) is 12.4. The highest BCUT2D eigenvalue weighted by Gasteiger charge is 2.32. The molecule has 1 atom stereocenters. The Morgan fingerprint density at radius 2 is 1.72 bits per heavy atom. The summed E-state index contributed by atoms with van der Waals surface area (Å²) in [6.07, 6.45) is 1.29. The SMILES string of the molecule is CC(Cl)CCCOCCC(=O)C(C(=O)O)C(=O)O. The number of ether oxygens (including phenoxy) is 1. The number of hydrogen-bond acceptors (Lipinski definition) is 4. The standard InChI is InChI=1S/C11H17ClO6/c1-7(12)3-2-5-18-6-4-8(13)9(10(14)15)11(16)17/h7,9H,2-6H2,1H3,(H,14,15)(H,16,17). The van der Waals surface area contributed by atoms with Crippen molar-refractivity contribution in [1.29, 1.82) is 0 Å². The maximum Gasteiger partial charge on any atom is 0.325 e. The largest absolute Gasteiger partial charge is 0.480 e. The van der Waals surface area contributed by atoms with Crippen LogP contribution < -0.4 is 0 Å². The zero-order chi connectivity index (χ0) is 14.1. The summed E-state index contributed by atoms with van der Waals surface area (Å²) in [6.45, 7) is 2.29. The molecule has 0 aromatic heterocycles. The van der Waals surface area contributed by atoms with Gasteiger partial charge >= 0.3 is 11.9 Å². The summed E-state index contributed by atoms with van der Waals surface area (Å²) < 4.78 is 5.10. The second-order valence-electron chi connectivity index (χ2n) is 3.86. The van der Waals surface area contributed by atoms with E-state index in [-0.39, 0.29) is 18.4 Å². The van der Waals surface area contributed by atoms with Crippen molar-refractivity contribution >= 4 is 29.3 Å². The van der Waals surface area contributed by atoms with E-state index in [1.807, 2.05) is 6.92 Å². The lowest BCUT2D eigenvalue weighted by molar-refractivity contribution is -0.157. The average Bonchev–Trinajstić information content (AvgIpc) is 2.21. The first kappa shape index (κ1) is 16.9. The molecule has 0 heterocycles. The summed E-state index contributed by atoms with van der Waals surface area (Å²) in [5.41, 5.74) is 0. The van der Waals surface area contributed by atoms with Crippen molar-refractivity contribution in [1.82, 2.24) is 0 Å². The summed E-state index contributed by atoms with van der Waals surface area (Å²) in [6, 6.07) is 0. The van der Waals surface area contributed by atoms with Gasteiger partial charge in [-0.3, -0.25) is 14.4 Å². The Hall–Kier alpha value is -1.14. The fraction of sp³-hybridized carbons (Fsp3) is 0.727. The van der Waals surface area contributed by atoms with Gasteiger partial charge in [-0.15, -0.1) is 11.6 Å². The van der Waals surface area contributed by atoms with Crippen LogP contribution in [0.3, 0.4) is 0 Å². The molecule has 0 amide bonds. The van der Waals surface area contributed by atoms with Gasteiger partial charge < -0.3 is 14.9 Å². The Kier molecular flexibility index (Phi) is 8.32.